The molecule has 1 rings (SSSR count). The van der Waals surface area contributed by atoms with Crippen molar-refractivity contribution in [1.29, 1.82) is 0 Å². The molecule has 15 heavy (non-hydrogen) atoms. The largest absolute Gasteiger partial charge is 0.481 e. The summed E-state index contributed by atoms with van der Waals surface area (Å²) < 4.78 is 13.2. The third-order valence-corrected chi connectivity index (χ3v) is 1.97. The van der Waals surface area contributed by atoms with Crippen LogP contribution in [0.25, 0.3) is 0 Å². The fourth-order valence-electron chi connectivity index (χ4n) is 1.25. The first kappa shape index (κ1) is 11.2. The Hall–Kier alpha value is -1.91. The molecule has 0 atom stereocenters. The normalized spacial score (nSPS) is 10.0. The molecule has 2 N–H and O–H groups in total. The van der Waals surface area contributed by atoms with Gasteiger partial charge in [-0.15, -0.1) is 0 Å². The minimum atomic E-state index is -1.20. The molecule has 0 aliphatic rings. The Labute approximate surface area is 85.0 Å². The van der Waals surface area contributed by atoms with Crippen LogP contribution in [0.2, 0.25) is 0 Å². The molecule has 0 heterocycles. The van der Waals surface area contributed by atoms with Gasteiger partial charge in [0, 0.05) is 0 Å². The number of aromatic carboxylic acids is 1. The van der Waals surface area contributed by atoms with Crippen LogP contribution in [0.4, 0.5) is 4.39 Å². The lowest BCUT2D eigenvalue weighted by molar-refractivity contribution is -0.136. The predicted octanol–water partition coefficient (Wildman–Crippen LogP) is 1.46. The maximum absolute atomic E-state index is 13.2. The molecule has 0 aliphatic carbocycles. The van der Waals surface area contributed by atoms with Gasteiger partial charge in [0.05, 0.1) is 12.0 Å². The van der Waals surface area contributed by atoms with Gasteiger partial charge in [0.1, 0.15) is 5.82 Å². The summed E-state index contributed by atoms with van der Waals surface area (Å²) in [5, 5.41) is 17.2. The lowest BCUT2D eigenvalue weighted by Gasteiger charge is -2.05. The molecule has 0 saturated heterocycles. The highest BCUT2D eigenvalue weighted by molar-refractivity contribution is 5.89. The molecular weight excluding hydrogens is 203 g/mol. The Bertz CT molecular complexity index is 426. The first-order valence-corrected chi connectivity index (χ1v) is 4.16. The first-order valence-electron chi connectivity index (χ1n) is 4.16. The van der Waals surface area contributed by atoms with E-state index in [1.807, 2.05) is 0 Å². The van der Waals surface area contributed by atoms with Gasteiger partial charge in [-0.05, 0) is 30.2 Å². The van der Waals surface area contributed by atoms with Gasteiger partial charge in [-0.3, -0.25) is 4.79 Å². The molecule has 0 bridgehead atoms. The molecular formula is C10H9FO4. The molecule has 80 valence electrons. The van der Waals surface area contributed by atoms with Gasteiger partial charge in [-0.2, -0.15) is 0 Å². The molecule has 4 nitrogen and oxygen atoms in total. The third-order valence-electron chi connectivity index (χ3n) is 1.97. The van der Waals surface area contributed by atoms with Crippen LogP contribution in [0, 0.1) is 12.7 Å². The molecule has 0 amide bonds. The van der Waals surface area contributed by atoms with Crippen molar-refractivity contribution in [1.82, 2.24) is 0 Å². The maximum Gasteiger partial charge on any atom is 0.335 e. The Morgan fingerprint density at radius 2 is 1.93 bits per heavy atom. The van der Waals surface area contributed by atoms with E-state index in [4.69, 9.17) is 10.2 Å². The summed E-state index contributed by atoms with van der Waals surface area (Å²) in [6, 6.07) is 2.09. The van der Waals surface area contributed by atoms with Crippen molar-refractivity contribution in [3.05, 3.63) is 34.6 Å². The fourth-order valence-corrected chi connectivity index (χ4v) is 1.25. The summed E-state index contributed by atoms with van der Waals surface area (Å²) in [5.41, 5.74) is 0.0762. The number of aryl methyl sites for hydroxylation is 1. The summed E-state index contributed by atoms with van der Waals surface area (Å²) in [4.78, 5) is 21.1. The number of rotatable bonds is 3. The molecule has 5 heteroatoms. The molecule has 0 fully saturated rings. The predicted molar refractivity (Wildman–Crippen MR) is 49.4 cm³/mol. The van der Waals surface area contributed by atoms with Gasteiger partial charge >= 0.3 is 11.9 Å². The number of carbonyl (C=O) groups is 2. The number of carboxylic acid groups (broad SMARTS) is 2. The Morgan fingerprint density at radius 3 is 2.40 bits per heavy atom. The van der Waals surface area contributed by atoms with Crippen LogP contribution >= 0.6 is 0 Å². The second-order valence-corrected chi connectivity index (χ2v) is 3.13. The van der Waals surface area contributed by atoms with Crippen molar-refractivity contribution >= 4 is 11.9 Å². The van der Waals surface area contributed by atoms with E-state index in [0.29, 0.717) is 0 Å². The average molecular weight is 212 g/mol. The molecule has 0 aromatic heterocycles. The van der Waals surface area contributed by atoms with Crippen molar-refractivity contribution < 1.29 is 24.2 Å². The van der Waals surface area contributed by atoms with Crippen LogP contribution in [-0.4, -0.2) is 22.2 Å². The minimum Gasteiger partial charge on any atom is -0.481 e. The highest BCUT2D eigenvalue weighted by Gasteiger charge is 2.14. The Morgan fingerprint density at radius 1 is 1.33 bits per heavy atom. The molecule has 1 aromatic carbocycles. The lowest BCUT2D eigenvalue weighted by Crippen LogP contribution is -2.07. The van der Waals surface area contributed by atoms with Crippen molar-refractivity contribution in [3.8, 4) is 0 Å². The topological polar surface area (TPSA) is 74.6 Å². The zero-order chi connectivity index (χ0) is 11.6. The second kappa shape index (κ2) is 4.08. The molecule has 0 unspecified atom stereocenters. The SMILES string of the molecule is Cc1cc(F)c(CC(=O)O)cc1C(=O)O. The van der Waals surface area contributed by atoms with Crippen LogP contribution in [0.1, 0.15) is 21.5 Å². The monoisotopic (exact) mass is 212 g/mol. The Balaban J connectivity index is 3.23. The zero-order valence-electron chi connectivity index (χ0n) is 7.95. The van der Waals surface area contributed by atoms with E-state index in [-0.39, 0.29) is 16.7 Å². The van der Waals surface area contributed by atoms with Crippen LogP contribution in [0.15, 0.2) is 12.1 Å². The highest BCUT2D eigenvalue weighted by atomic mass is 19.1. The lowest BCUT2D eigenvalue weighted by atomic mass is 10.0. The van der Waals surface area contributed by atoms with Gasteiger partial charge in [0.15, 0.2) is 0 Å². The summed E-state index contributed by atoms with van der Waals surface area (Å²) in [7, 11) is 0. The second-order valence-electron chi connectivity index (χ2n) is 3.13. The van der Waals surface area contributed by atoms with E-state index in [2.05, 4.69) is 0 Å². The third kappa shape index (κ3) is 2.52. The quantitative estimate of drug-likeness (QED) is 0.795. The smallest absolute Gasteiger partial charge is 0.335 e. The van der Waals surface area contributed by atoms with Crippen LogP contribution in [0.3, 0.4) is 0 Å². The maximum atomic E-state index is 13.2. The van der Waals surface area contributed by atoms with Gasteiger partial charge in [0.2, 0.25) is 0 Å². The van der Waals surface area contributed by atoms with E-state index in [1.165, 1.54) is 6.92 Å². The van der Waals surface area contributed by atoms with Crippen molar-refractivity contribution in [2.24, 2.45) is 0 Å². The van der Waals surface area contributed by atoms with E-state index in [0.717, 1.165) is 12.1 Å². The van der Waals surface area contributed by atoms with E-state index in [1.54, 1.807) is 0 Å². The van der Waals surface area contributed by atoms with Crippen molar-refractivity contribution in [3.63, 3.8) is 0 Å². The van der Waals surface area contributed by atoms with Crippen LogP contribution in [0.5, 0.6) is 0 Å². The van der Waals surface area contributed by atoms with Gasteiger partial charge < -0.3 is 10.2 Å². The van der Waals surface area contributed by atoms with E-state index >= 15 is 0 Å². The standard InChI is InChI=1S/C10H9FO4/c1-5-2-8(11)6(4-9(12)13)3-7(5)10(14)15/h2-3H,4H2,1H3,(H,12,13)(H,14,15). The fraction of sp³-hybridized carbons (Fsp3) is 0.200. The minimum absolute atomic E-state index is 0.0762. The summed E-state index contributed by atoms with van der Waals surface area (Å²) in [6.07, 6.45) is -0.521. The molecule has 0 saturated carbocycles. The molecule has 1 aromatic rings. The van der Waals surface area contributed by atoms with Crippen molar-refractivity contribution in [2.75, 3.05) is 0 Å². The van der Waals surface area contributed by atoms with Gasteiger partial charge in [-0.1, -0.05) is 0 Å². The summed E-state index contributed by atoms with van der Waals surface area (Å²) in [6.45, 7) is 1.46. The number of hydrogen-bond donors (Lipinski definition) is 2. The number of hydrogen-bond acceptors (Lipinski definition) is 2. The number of benzene rings is 1. The number of aliphatic carboxylic acids is 1. The number of halogens is 1. The Kier molecular flexibility index (Phi) is 3.04. The van der Waals surface area contributed by atoms with Crippen LogP contribution < -0.4 is 0 Å². The highest BCUT2D eigenvalue weighted by Crippen LogP contribution is 2.16. The zero-order valence-corrected chi connectivity index (χ0v) is 7.95. The molecule has 0 radical (unpaired) electrons. The molecule has 0 spiro atoms. The van der Waals surface area contributed by atoms with E-state index in [9.17, 15) is 14.0 Å². The van der Waals surface area contributed by atoms with Gasteiger partial charge in [-0.25, -0.2) is 9.18 Å². The number of carboxylic acids is 2. The van der Waals surface area contributed by atoms with Crippen LogP contribution in [-0.2, 0) is 11.2 Å². The van der Waals surface area contributed by atoms with Crippen molar-refractivity contribution in [2.45, 2.75) is 13.3 Å². The summed E-state index contributed by atoms with van der Waals surface area (Å²) >= 11 is 0. The molecule has 0 aliphatic heterocycles. The average Bonchev–Trinajstić information content (AvgIpc) is 2.08. The van der Waals surface area contributed by atoms with Gasteiger partial charge in [0.25, 0.3) is 0 Å². The van der Waals surface area contributed by atoms with E-state index < -0.39 is 24.2 Å². The first-order chi connectivity index (χ1) is 6.91. The summed E-state index contributed by atoms with van der Waals surface area (Å²) in [5.74, 6) is -3.09.